The van der Waals surface area contributed by atoms with Crippen molar-refractivity contribution in [3.8, 4) is 0 Å². The highest BCUT2D eigenvalue weighted by Gasteiger charge is 2.30. The van der Waals surface area contributed by atoms with Crippen molar-refractivity contribution in [3.63, 3.8) is 0 Å². The summed E-state index contributed by atoms with van der Waals surface area (Å²) in [4.78, 5) is 28.6. The Kier molecular flexibility index (Phi) is 10.6. The lowest BCUT2D eigenvalue weighted by molar-refractivity contribution is -0.120. The molecule has 1 amide bonds. The second kappa shape index (κ2) is 12.9. The molecule has 0 saturated heterocycles. The summed E-state index contributed by atoms with van der Waals surface area (Å²) in [5.41, 5.74) is 1.67. The van der Waals surface area contributed by atoms with E-state index in [1.54, 1.807) is 4.90 Å². The average Bonchev–Trinajstić information content (AvgIpc) is 3.22. The van der Waals surface area contributed by atoms with Gasteiger partial charge in [0.1, 0.15) is 4.88 Å². The fraction of sp³-hybridized carbons (Fsp3) is 0.556. The molecule has 2 rings (SSSR count). The molecule has 5 nitrogen and oxygen atoms in total. The molecule has 1 aromatic rings. The number of carbonyl (C=O) groups excluding carboxylic acids is 1. The predicted octanol–water partition coefficient (Wildman–Crippen LogP) is 6.95. The van der Waals surface area contributed by atoms with Gasteiger partial charge in [-0.25, -0.2) is 4.79 Å². The van der Waals surface area contributed by atoms with E-state index in [9.17, 15) is 14.7 Å². The van der Waals surface area contributed by atoms with Gasteiger partial charge in [-0.2, -0.15) is 0 Å². The Bertz CT molecular complexity index is 896. The first-order chi connectivity index (χ1) is 15.6. The first-order valence-corrected chi connectivity index (χ1v) is 12.8. The molecule has 1 aliphatic carbocycles. The fourth-order valence-electron chi connectivity index (χ4n) is 3.88. The number of nitrogens with zero attached hydrogens (tertiary/aromatic N) is 1. The molecule has 1 N–H and O–H groups in total. The van der Waals surface area contributed by atoms with E-state index in [2.05, 4.69) is 19.9 Å². The molecule has 182 valence electrons. The maximum Gasteiger partial charge on any atom is 0.348 e. The average molecular weight is 474 g/mol. The highest BCUT2D eigenvalue weighted by Crippen LogP contribution is 2.39. The van der Waals surface area contributed by atoms with E-state index in [1.165, 1.54) is 16.9 Å². The van der Waals surface area contributed by atoms with Crippen molar-refractivity contribution in [1.29, 1.82) is 0 Å². The van der Waals surface area contributed by atoms with Gasteiger partial charge < -0.3 is 14.7 Å². The van der Waals surface area contributed by atoms with Gasteiger partial charge in [0.05, 0.1) is 23.8 Å². The largest absolute Gasteiger partial charge is 0.477 e. The third kappa shape index (κ3) is 7.68. The minimum absolute atomic E-state index is 0.0861. The predicted molar refractivity (Wildman–Crippen MR) is 138 cm³/mol. The number of anilines is 1. The Balaban J connectivity index is 2.51. The van der Waals surface area contributed by atoms with Crippen LogP contribution >= 0.6 is 11.3 Å². The van der Waals surface area contributed by atoms with E-state index in [1.807, 2.05) is 58.1 Å². The Hall–Kier alpha value is -2.18. The van der Waals surface area contributed by atoms with Crippen LogP contribution in [0.25, 0.3) is 5.57 Å². The zero-order chi connectivity index (χ0) is 24.5. The maximum absolute atomic E-state index is 13.6. The van der Waals surface area contributed by atoms with Crippen molar-refractivity contribution >= 4 is 34.5 Å². The third-order valence-electron chi connectivity index (χ3n) is 5.68. The van der Waals surface area contributed by atoms with E-state index >= 15 is 0 Å². The summed E-state index contributed by atoms with van der Waals surface area (Å²) >= 11 is 1.27. The van der Waals surface area contributed by atoms with Crippen molar-refractivity contribution in [1.82, 2.24) is 0 Å². The van der Waals surface area contributed by atoms with Crippen LogP contribution < -0.4 is 4.90 Å². The number of ether oxygens (including phenoxy) is 1. The van der Waals surface area contributed by atoms with Gasteiger partial charge in [-0.15, -0.1) is 11.3 Å². The molecule has 0 bridgehead atoms. The second-order valence-corrected chi connectivity index (χ2v) is 10.1. The summed E-state index contributed by atoms with van der Waals surface area (Å²) in [6.07, 6.45) is 14.1. The molecule has 0 aromatic carbocycles. The number of carboxylic acid groups (broad SMARTS) is 1. The van der Waals surface area contributed by atoms with Gasteiger partial charge in [-0.3, -0.25) is 4.79 Å². The first-order valence-electron chi connectivity index (χ1n) is 12.0. The summed E-state index contributed by atoms with van der Waals surface area (Å²) in [5.74, 6) is -1.15. The van der Waals surface area contributed by atoms with E-state index in [-0.39, 0.29) is 28.8 Å². The van der Waals surface area contributed by atoms with Gasteiger partial charge >= 0.3 is 5.97 Å². The van der Waals surface area contributed by atoms with Crippen LogP contribution in [0, 0.1) is 11.8 Å². The summed E-state index contributed by atoms with van der Waals surface area (Å²) in [7, 11) is 0. The number of amides is 1. The molecule has 0 saturated carbocycles. The summed E-state index contributed by atoms with van der Waals surface area (Å²) < 4.78 is 5.59. The monoisotopic (exact) mass is 473 g/mol. The molecule has 0 fully saturated rings. The molecule has 1 aliphatic rings. The maximum atomic E-state index is 13.6. The number of carboxylic acids is 1. The van der Waals surface area contributed by atoms with Crippen LogP contribution in [0.1, 0.15) is 81.8 Å². The minimum atomic E-state index is -1.00. The van der Waals surface area contributed by atoms with Gasteiger partial charge in [-0.05, 0) is 64.0 Å². The molecule has 33 heavy (non-hydrogen) atoms. The van der Waals surface area contributed by atoms with E-state index in [0.29, 0.717) is 18.2 Å². The lowest BCUT2D eigenvalue weighted by Crippen LogP contribution is -2.41. The van der Waals surface area contributed by atoms with Crippen LogP contribution in [-0.2, 0) is 9.53 Å². The van der Waals surface area contributed by atoms with Gasteiger partial charge in [0.15, 0.2) is 0 Å². The molecule has 1 heterocycles. The summed E-state index contributed by atoms with van der Waals surface area (Å²) in [5, 5.41) is 9.99. The van der Waals surface area contributed by atoms with Gasteiger partial charge in [0.2, 0.25) is 5.91 Å². The minimum Gasteiger partial charge on any atom is -0.477 e. The number of aromatic carboxylic acids is 1. The van der Waals surface area contributed by atoms with Crippen molar-refractivity contribution in [2.24, 2.45) is 11.8 Å². The van der Waals surface area contributed by atoms with E-state index < -0.39 is 5.97 Å². The lowest BCUT2D eigenvalue weighted by Gasteiger charge is -2.29. The number of rotatable bonds is 11. The topological polar surface area (TPSA) is 66.8 Å². The van der Waals surface area contributed by atoms with Crippen LogP contribution in [0.5, 0.6) is 0 Å². The van der Waals surface area contributed by atoms with Crippen molar-refractivity contribution < 1.29 is 19.4 Å². The zero-order valence-electron chi connectivity index (χ0n) is 20.8. The molecule has 3 unspecified atom stereocenters. The fourth-order valence-corrected chi connectivity index (χ4v) is 4.94. The molecular weight excluding hydrogens is 434 g/mol. The van der Waals surface area contributed by atoms with E-state index in [4.69, 9.17) is 4.74 Å². The molecule has 6 heteroatoms. The molecule has 3 atom stereocenters. The Labute approximate surface area is 202 Å². The lowest BCUT2D eigenvalue weighted by atomic mass is 9.98. The third-order valence-corrected chi connectivity index (χ3v) is 6.87. The number of carbonyl (C=O) groups is 2. The SMILES string of the molecule is CCOC(C)/C=C/C(C)N(C(=O)C(C)/C=C/C(C)C)c1cc(C2=CCCCC2)sc1C(=O)O. The quantitative estimate of drug-likeness (QED) is 0.353. The van der Waals surface area contributed by atoms with Gasteiger partial charge in [-0.1, -0.05) is 51.2 Å². The van der Waals surface area contributed by atoms with Crippen molar-refractivity contribution in [3.05, 3.63) is 46.2 Å². The Morgan fingerprint density at radius 1 is 1.12 bits per heavy atom. The molecule has 0 spiro atoms. The Morgan fingerprint density at radius 2 is 1.85 bits per heavy atom. The zero-order valence-corrected chi connectivity index (χ0v) is 21.7. The second-order valence-electron chi connectivity index (χ2n) is 9.02. The van der Waals surface area contributed by atoms with Crippen molar-refractivity contribution in [2.75, 3.05) is 11.5 Å². The van der Waals surface area contributed by atoms with Gasteiger partial charge in [0, 0.05) is 11.5 Å². The van der Waals surface area contributed by atoms with E-state index in [0.717, 1.165) is 30.6 Å². The molecule has 1 aromatic heterocycles. The Morgan fingerprint density at radius 3 is 2.42 bits per heavy atom. The van der Waals surface area contributed by atoms with Crippen LogP contribution in [0.15, 0.2) is 36.4 Å². The summed E-state index contributed by atoms with van der Waals surface area (Å²) in [6.45, 7) is 12.4. The highest BCUT2D eigenvalue weighted by molar-refractivity contribution is 7.15. The highest BCUT2D eigenvalue weighted by atomic mass is 32.1. The number of hydrogen-bond acceptors (Lipinski definition) is 4. The van der Waals surface area contributed by atoms with Crippen molar-refractivity contribution in [2.45, 2.75) is 79.4 Å². The number of allylic oxidation sites excluding steroid dienone is 3. The van der Waals surface area contributed by atoms with Crippen LogP contribution in [0.3, 0.4) is 0 Å². The van der Waals surface area contributed by atoms with Crippen LogP contribution in [0.4, 0.5) is 5.69 Å². The molecular formula is C27H39NO4S. The standard InChI is InChI=1S/C27H39NO4S/c1-7-32-21(6)16-15-20(5)28(26(29)19(4)14-13-18(2)3)23-17-24(33-25(23)27(30)31)22-11-9-8-10-12-22/h11,13-21H,7-10,12H2,1-6H3,(H,30,31)/b14-13+,16-15+. The van der Waals surface area contributed by atoms with Crippen LogP contribution in [0.2, 0.25) is 0 Å². The number of thiophene rings is 1. The molecule has 0 radical (unpaired) electrons. The molecule has 0 aliphatic heterocycles. The first kappa shape index (κ1) is 27.1. The van der Waals surface area contributed by atoms with Crippen LogP contribution in [-0.4, -0.2) is 35.7 Å². The smallest absolute Gasteiger partial charge is 0.348 e. The van der Waals surface area contributed by atoms with Gasteiger partial charge in [0.25, 0.3) is 0 Å². The summed E-state index contributed by atoms with van der Waals surface area (Å²) in [6, 6.07) is 1.58. The normalized spacial score (nSPS) is 17.4. The number of hydrogen-bond donors (Lipinski definition) is 1.